The van der Waals surface area contributed by atoms with E-state index in [1.165, 1.54) is 0 Å². The molecule has 17 heavy (non-hydrogen) atoms. The van der Waals surface area contributed by atoms with Crippen LogP contribution in [0.2, 0.25) is 0 Å². The summed E-state index contributed by atoms with van der Waals surface area (Å²) in [5.74, 6) is 2.09. The monoisotopic (exact) mass is 236 g/mol. The second-order valence-electron chi connectivity index (χ2n) is 3.68. The van der Waals surface area contributed by atoms with E-state index in [1.807, 2.05) is 12.1 Å². The first kappa shape index (κ1) is 11.8. The number of epoxide rings is 1. The van der Waals surface area contributed by atoms with Gasteiger partial charge in [0, 0.05) is 6.07 Å². The minimum absolute atomic E-state index is 0.216. The first-order valence-corrected chi connectivity index (χ1v) is 5.49. The molecular formula is C13H16O4. The Morgan fingerprint density at radius 3 is 2.88 bits per heavy atom. The van der Waals surface area contributed by atoms with Crippen LogP contribution in [0.5, 0.6) is 17.2 Å². The Kier molecular flexibility index (Phi) is 3.88. The lowest BCUT2D eigenvalue weighted by atomic mass is 10.3. The molecule has 1 atom stereocenters. The molecule has 1 aromatic rings. The maximum Gasteiger partial charge on any atom is 0.165 e. The van der Waals surface area contributed by atoms with Gasteiger partial charge in [0.1, 0.15) is 25.1 Å². The maximum atomic E-state index is 5.64. The summed E-state index contributed by atoms with van der Waals surface area (Å²) in [6.07, 6.45) is 1.91. The van der Waals surface area contributed by atoms with E-state index in [1.54, 1.807) is 19.3 Å². The number of hydrogen-bond donors (Lipinski definition) is 0. The first-order chi connectivity index (χ1) is 8.33. The van der Waals surface area contributed by atoms with Crippen molar-refractivity contribution in [2.24, 2.45) is 0 Å². The van der Waals surface area contributed by atoms with E-state index in [9.17, 15) is 0 Å². The average molecular weight is 236 g/mol. The third kappa shape index (κ3) is 3.39. The Balaban J connectivity index is 2.07. The molecule has 92 valence electrons. The van der Waals surface area contributed by atoms with Gasteiger partial charge >= 0.3 is 0 Å². The van der Waals surface area contributed by atoms with Crippen molar-refractivity contribution in [3.05, 3.63) is 30.9 Å². The SMILES string of the molecule is C=CCOc1ccc(OC)cc1OC[C@@H]1CO1. The Hall–Kier alpha value is -1.68. The van der Waals surface area contributed by atoms with Gasteiger partial charge in [-0.25, -0.2) is 0 Å². The van der Waals surface area contributed by atoms with Gasteiger partial charge in [0.25, 0.3) is 0 Å². The Labute approximate surface area is 101 Å². The maximum absolute atomic E-state index is 5.64. The summed E-state index contributed by atoms with van der Waals surface area (Å²) in [6.45, 7) is 5.37. The molecule has 1 aliphatic rings. The summed E-state index contributed by atoms with van der Waals surface area (Å²) in [5, 5.41) is 0. The van der Waals surface area contributed by atoms with Gasteiger partial charge in [-0.2, -0.15) is 0 Å². The highest BCUT2D eigenvalue weighted by atomic mass is 16.6. The van der Waals surface area contributed by atoms with Gasteiger partial charge in [0.15, 0.2) is 11.5 Å². The Morgan fingerprint density at radius 1 is 1.41 bits per heavy atom. The lowest BCUT2D eigenvalue weighted by Crippen LogP contribution is -2.06. The van der Waals surface area contributed by atoms with Crippen LogP contribution < -0.4 is 14.2 Å². The number of hydrogen-bond acceptors (Lipinski definition) is 4. The van der Waals surface area contributed by atoms with E-state index >= 15 is 0 Å². The van der Waals surface area contributed by atoms with Crippen molar-refractivity contribution in [2.75, 3.05) is 26.9 Å². The molecule has 0 unspecified atom stereocenters. The third-order valence-corrected chi connectivity index (χ3v) is 2.33. The van der Waals surface area contributed by atoms with Gasteiger partial charge in [-0.15, -0.1) is 0 Å². The zero-order valence-corrected chi connectivity index (χ0v) is 9.85. The Bertz CT molecular complexity index is 385. The van der Waals surface area contributed by atoms with E-state index in [2.05, 4.69) is 6.58 Å². The molecule has 2 rings (SSSR count). The molecule has 0 aromatic heterocycles. The zero-order valence-electron chi connectivity index (χ0n) is 9.85. The molecule has 1 saturated heterocycles. The second-order valence-corrected chi connectivity index (χ2v) is 3.68. The number of ether oxygens (including phenoxy) is 4. The number of rotatable bonds is 7. The first-order valence-electron chi connectivity index (χ1n) is 5.49. The molecule has 4 nitrogen and oxygen atoms in total. The highest BCUT2D eigenvalue weighted by Crippen LogP contribution is 2.32. The van der Waals surface area contributed by atoms with Crippen LogP contribution in [0.3, 0.4) is 0 Å². The van der Waals surface area contributed by atoms with E-state index in [-0.39, 0.29) is 6.10 Å². The van der Waals surface area contributed by atoms with Crippen LogP contribution in [-0.4, -0.2) is 33.0 Å². The molecule has 0 amide bonds. The van der Waals surface area contributed by atoms with E-state index in [0.717, 1.165) is 12.4 Å². The fourth-order valence-corrected chi connectivity index (χ4v) is 1.34. The molecule has 0 bridgehead atoms. The summed E-state index contributed by atoms with van der Waals surface area (Å²) >= 11 is 0. The minimum Gasteiger partial charge on any atom is -0.497 e. The van der Waals surface area contributed by atoms with Crippen LogP contribution in [0, 0.1) is 0 Å². The van der Waals surface area contributed by atoms with Gasteiger partial charge in [0.05, 0.1) is 13.7 Å². The van der Waals surface area contributed by atoms with Crippen LogP contribution in [0.4, 0.5) is 0 Å². The molecule has 4 heteroatoms. The fraction of sp³-hybridized carbons (Fsp3) is 0.385. The highest BCUT2D eigenvalue weighted by Gasteiger charge is 2.23. The van der Waals surface area contributed by atoms with Gasteiger partial charge in [-0.1, -0.05) is 12.7 Å². The van der Waals surface area contributed by atoms with Crippen molar-refractivity contribution in [2.45, 2.75) is 6.10 Å². The Morgan fingerprint density at radius 2 is 2.24 bits per heavy atom. The summed E-state index contributed by atoms with van der Waals surface area (Å²) in [6, 6.07) is 5.46. The summed E-state index contributed by atoms with van der Waals surface area (Å²) in [5.41, 5.74) is 0. The van der Waals surface area contributed by atoms with Gasteiger partial charge in [-0.3, -0.25) is 0 Å². The molecule has 1 heterocycles. The molecule has 0 aliphatic carbocycles. The number of benzene rings is 1. The smallest absolute Gasteiger partial charge is 0.165 e. The molecule has 1 aliphatic heterocycles. The van der Waals surface area contributed by atoms with Crippen molar-refractivity contribution >= 4 is 0 Å². The molecule has 0 N–H and O–H groups in total. The van der Waals surface area contributed by atoms with Gasteiger partial charge in [0.2, 0.25) is 0 Å². The van der Waals surface area contributed by atoms with Crippen LogP contribution in [0.15, 0.2) is 30.9 Å². The summed E-state index contributed by atoms with van der Waals surface area (Å²) < 4.78 is 21.4. The standard InChI is InChI=1S/C13H16O4/c1-3-6-15-12-5-4-10(14-2)7-13(12)17-9-11-8-16-11/h3-5,7,11H,1,6,8-9H2,2H3/t11-/m0/s1. The van der Waals surface area contributed by atoms with Crippen LogP contribution in [0.25, 0.3) is 0 Å². The largest absolute Gasteiger partial charge is 0.497 e. The summed E-state index contributed by atoms with van der Waals surface area (Å²) in [4.78, 5) is 0. The second kappa shape index (κ2) is 5.59. The minimum atomic E-state index is 0.216. The van der Waals surface area contributed by atoms with Crippen LogP contribution >= 0.6 is 0 Å². The molecule has 0 radical (unpaired) electrons. The predicted octanol–water partition coefficient (Wildman–Crippen LogP) is 2.04. The molecule has 0 spiro atoms. The normalized spacial score (nSPS) is 17.4. The van der Waals surface area contributed by atoms with Crippen molar-refractivity contribution in [3.8, 4) is 17.2 Å². The molecule has 1 fully saturated rings. The zero-order chi connectivity index (χ0) is 12.1. The molecule has 1 aromatic carbocycles. The number of methoxy groups -OCH3 is 1. The average Bonchev–Trinajstić information content (AvgIpc) is 3.18. The lowest BCUT2D eigenvalue weighted by molar-refractivity contribution is 0.246. The topological polar surface area (TPSA) is 40.2 Å². The molecule has 0 saturated carbocycles. The molecular weight excluding hydrogens is 220 g/mol. The van der Waals surface area contributed by atoms with Crippen molar-refractivity contribution in [3.63, 3.8) is 0 Å². The van der Waals surface area contributed by atoms with Crippen LogP contribution in [0.1, 0.15) is 0 Å². The highest BCUT2D eigenvalue weighted by molar-refractivity contribution is 5.45. The lowest BCUT2D eigenvalue weighted by Gasteiger charge is -2.12. The van der Waals surface area contributed by atoms with Crippen molar-refractivity contribution in [1.82, 2.24) is 0 Å². The quantitative estimate of drug-likeness (QED) is 0.536. The van der Waals surface area contributed by atoms with Gasteiger partial charge in [-0.05, 0) is 12.1 Å². The van der Waals surface area contributed by atoms with Crippen molar-refractivity contribution in [1.29, 1.82) is 0 Å². The van der Waals surface area contributed by atoms with E-state index in [4.69, 9.17) is 18.9 Å². The fourth-order valence-electron chi connectivity index (χ4n) is 1.34. The summed E-state index contributed by atoms with van der Waals surface area (Å²) in [7, 11) is 1.62. The van der Waals surface area contributed by atoms with E-state index < -0.39 is 0 Å². The van der Waals surface area contributed by atoms with Crippen molar-refractivity contribution < 1.29 is 18.9 Å². The predicted molar refractivity (Wildman–Crippen MR) is 63.9 cm³/mol. The van der Waals surface area contributed by atoms with Gasteiger partial charge < -0.3 is 18.9 Å². The third-order valence-electron chi connectivity index (χ3n) is 2.33. The van der Waals surface area contributed by atoms with E-state index in [0.29, 0.717) is 24.7 Å². The van der Waals surface area contributed by atoms with Crippen LogP contribution in [-0.2, 0) is 4.74 Å².